The summed E-state index contributed by atoms with van der Waals surface area (Å²) in [6.45, 7) is 4.21. The normalized spacial score (nSPS) is 19.7. The average Bonchev–Trinajstić information content (AvgIpc) is 4.13. The molecule has 0 amide bonds. The summed E-state index contributed by atoms with van der Waals surface area (Å²) in [4.78, 5) is 46.6. The minimum atomic E-state index is 0.00181. The third kappa shape index (κ3) is 8.02. The number of ketones is 2. The Labute approximate surface area is 377 Å². The monoisotopic (exact) mass is 857 g/mol. The van der Waals surface area contributed by atoms with Crippen molar-refractivity contribution in [2.24, 2.45) is 0 Å². The maximum absolute atomic E-state index is 12.2. The fraction of sp³-hybridized carbons (Fsp3) is 0.370. The van der Waals surface area contributed by atoms with Crippen molar-refractivity contribution < 1.29 is 9.59 Å². The van der Waals surface area contributed by atoms with Crippen LogP contribution in [0, 0.1) is 13.8 Å². The van der Waals surface area contributed by atoms with Crippen LogP contribution in [0.15, 0.2) is 84.9 Å². The standard InChI is InChI=1S/C14H16N2O.C14H18N2.C13H14N2O.C13H16N2/c1-8-4-5-9-10-7-12(16(2)3)14(17)13(10)15-11(9)6-8;1-9-4-5-11-12-7-10(16(2)3)8-14(12)15-13(11)6-9;1-15(2)11-7-9-8-5-3-4-6-10(8)14-12(9)13(11)16;1-15(2)9-7-11-10-5-3-4-6-12(10)14-13(11)8-9/h4-6,12,15H,7H2,1-3H3;4-6,10,15H,7-8H2,1-3H3;3-6,11,14H,7H2,1-2H3;3-6,9,14H,7-8H2,1-2H3. The highest BCUT2D eigenvalue weighted by atomic mass is 16.1. The summed E-state index contributed by atoms with van der Waals surface area (Å²) in [5.74, 6) is 0.440. The Morgan fingerprint density at radius 1 is 0.406 bits per heavy atom. The molecular formula is C54H64N8O2. The first-order chi connectivity index (χ1) is 30.7. The van der Waals surface area contributed by atoms with Gasteiger partial charge in [-0.1, -0.05) is 60.7 Å². The number of H-pyrrole nitrogens is 4. The molecule has 0 aliphatic heterocycles. The highest BCUT2D eigenvalue weighted by molar-refractivity contribution is 6.09. The van der Waals surface area contributed by atoms with Crippen LogP contribution in [0.5, 0.6) is 0 Å². The molecule has 64 heavy (non-hydrogen) atoms. The minimum absolute atomic E-state index is 0.00181. The zero-order valence-electron chi connectivity index (χ0n) is 39.2. The van der Waals surface area contributed by atoms with E-state index in [4.69, 9.17) is 0 Å². The first kappa shape index (κ1) is 43.5. The molecule has 8 aromatic rings. The maximum atomic E-state index is 12.2. The summed E-state index contributed by atoms with van der Waals surface area (Å²) in [7, 11) is 16.5. The molecule has 4 N–H and O–H groups in total. The Kier molecular flexibility index (Phi) is 11.8. The molecular weight excluding hydrogens is 793 g/mol. The molecule has 0 spiro atoms. The van der Waals surface area contributed by atoms with E-state index >= 15 is 0 Å². The molecule has 4 aromatic heterocycles. The molecule has 0 saturated heterocycles. The fourth-order valence-corrected chi connectivity index (χ4v) is 10.5. The molecule has 4 aliphatic carbocycles. The second-order valence-corrected chi connectivity index (χ2v) is 19.5. The molecule has 12 rings (SSSR count). The van der Waals surface area contributed by atoms with Crippen LogP contribution in [0.3, 0.4) is 0 Å². The second kappa shape index (κ2) is 17.3. The van der Waals surface area contributed by atoms with Gasteiger partial charge in [0.05, 0.1) is 23.5 Å². The van der Waals surface area contributed by atoms with Gasteiger partial charge in [0.1, 0.15) is 0 Å². The number of hydrogen-bond donors (Lipinski definition) is 4. The highest BCUT2D eigenvalue weighted by Gasteiger charge is 2.36. The van der Waals surface area contributed by atoms with E-state index in [1.165, 1.54) is 90.2 Å². The number of nitrogens with one attached hydrogen (secondary N) is 4. The number of aryl methyl sites for hydroxylation is 2. The molecule has 4 unspecified atom stereocenters. The van der Waals surface area contributed by atoms with Gasteiger partial charge in [0.2, 0.25) is 0 Å². The number of likely N-dealkylation sites (N-methyl/N-ethyl adjacent to an activating group) is 4. The third-order valence-corrected chi connectivity index (χ3v) is 14.3. The predicted molar refractivity (Wildman–Crippen MR) is 263 cm³/mol. The molecule has 4 aliphatic rings. The number of fused-ring (bicyclic) bond motifs is 12. The average molecular weight is 857 g/mol. The molecule has 4 atom stereocenters. The summed E-state index contributed by atoms with van der Waals surface area (Å²) in [5, 5.41) is 5.22. The van der Waals surface area contributed by atoms with E-state index in [0.717, 1.165) is 48.1 Å². The number of benzene rings is 4. The smallest absolute Gasteiger partial charge is 0.196 e. The number of para-hydroxylation sites is 2. The number of nitrogens with zero attached hydrogens (tertiary/aromatic N) is 4. The fourth-order valence-electron chi connectivity index (χ4n) is 10.5. The molecule has 0 radical (unpaired) electrons. The lowest BCUT2D eigenvalue weighted by Crippen LogP contribution is -2.33. The molecule has 0 bridgehead atoms. The summed E-state index contributed by atoms with van der Waals surface area (Å²) >= 11 is 0. The first-order valence-electron chi connectivity index (χ1n) is 22.8. The van der Waals surface area contributed by atoms with Crippen molar-refractivity contribution in [1.29, 1.82) is 0 Å². The van der Waals surface area contributed by atoms with E-state index < -0.39 is 0 Å². The highest BCUT2D eigenvalue weighted by Crippen LogP contribution is 2.35. The summed E-state index contributed by atoms with van der Waals surface area (Å²) < 4.78 is 0. The Balaban J connectivity index is 0.000000108. The predicted octanol–water partition coefficient (Wildman–Crippen LogP) is 8.68. The van der Waals surface area contributed by atoms with Gasteiger partial charge in [-0.05, 0) is 154 Å². The molecule has 4 heterocycles. The van der Waals surface area contributed by atoms with Crippen molar-refractivity contribution >= 4 is 55.2 Å². The van der Waals surface area contributed by atoms with Gasteiger partial charge in [0.25, 0.3) is 0 Å². The van der Waals surface area contributed by atoms with Crippen LogP contribution in [0.2, 0.25) is 0 Å². The van der Waals surface area contributed by atoms with Crippen molar-refractivity contribution in [3.05, 3.63) is 141 Å². The van der Waals surface area contributed by atoms with Crippen molar-refractivity contribution in [1.82, 2.24) is 39.5 Å². The zero-order chi connectivity index (χ0) is 45.1. The van der Waals surface area contributed by atoms with Crippen LogP contribution in [0.25, 0.3) is 43.6 Å². The largest absolute Gasteiger partial charge is 0.358 e. The lowest BCUT2D eigenvalue weighted by atomic mass is 10.1. The number of aromatic nitrogens is 4. The first-order valence-corrected chi connectivity index (χ1v) is 22.8. The molecule has 4 aromatic carbocycles. The van der Waals surface area contributed by atoms with Gasteiger partial charge in [-0.15, -0.1) is 0 Å². The lowest BCUT2D eigenvalue weighted by Gasteiger charge is -2.18. The zero-order valence-corrected chi connectivity index (χ0v) is 39.2. The van der Waals surface area contributed by atoms with Crippen LogP contribution in [0.4, 0.5) is 0 Å². The van der Waals surface area contributed by atoms with Crippen molar-refractivity contribution in [3.63, 3.8) is 0 Å². The summed E-state index contributed by atoms with van der Waals surface area (Å²) in [5.41, 5.74) is 17.2. The van der Waals surface area contributed by atoms with Gasteiger partial charge >= 0.3 is 0 Å². The Hall–Kier alpha value is -5.78. The quantitative estimate of drug-likeness (QED) is 0.141. The maximum Gasteiger partial charge on any atom is 0.196 e. The number of carbonyl (C=O) groups is 2. The van der Waals surface area contributed by atoms with E-state index in [9.17, 15) is 9.59 Å². The van der Waals surface area contributed by atoms with Gasteiger partial charge in [-0.25, -0.2) is 0 Å². The topological polar surface area (TPSA) is 110 Å². The lowest BCUT2D eigenvalue weighted by molar-refractivity contribution is 0.0885. The van der Waals surface area contributed by atoms with E-state index in [2.05, 4.69) is 139 Å². The molecule has 0 saturated carbocycles. The van der Waals surface area contributed by atoms with Crippen LogP contribution >= 0.6 is 0 Å². The van der Waals surface area contributed by atoms with Gasteiger partial charge in [0.15, 0.2) is 11.6 Å². The van der Waals surface area contributed by atoms with E-state index in [1.807, 2.05) is 56.2 Å². The van der Waals surface area contributed by atoms with Gasteiger partial charge in [-0.2, -0.15) is 0 Å². The van der Waals surface area contributed by atoms with Crippen LogP contribution in [0.1, 0.15) is 65.7 Å². The van der Waals surface area contributed by atoms with Gasteiger partial charge in [0, 0.05) is 79.9 Å². The summed E-state index contributed by atoms with van der Waals surface area (Å²) in [6.07, 6.45) is 6.35. The van der Waals surface area contributed by atoms with E-state index in [-0.39, 0.29) is 23.7 Å². The van der Waals surface area contributed by atoms with Crippen molar-refractivity contribution in [2.75, 3.05) is 56.4 Å². The molecule has 0 fully saturated rings. The third-order valence-electron chi connectivity index (χ3n) is 14.3. The van der Waals surface area contributed by atoms with Gasteiger partial charge < -0.3 is 29.7 Å². The number of hydrogen-bond acceptors (Lipinski definition) is 6. The van der Waals surface area contributed by atoms with E-state index in [0.29, 0.717) is 12.1 Å². The Morgan fingerprint density at radius 2 is 0.781 bits per heavy atom. The molecule has 332 valence electrons. The van der Waals surface area contributed by atoms with E-state index in [1.54, 1.807) is 0 Å². The van der Waals surface area contributed by atoms with Crippen LogP contribution in [-0.2, 0) is 38.5 Å². The van der Waals surface area contributed by atoms with Crippen molar-refractivity contribution in [2.45, 2.75) is 76.5 Å². The van der Waals surface area contributed by atoms with Crippen molar-refractivity contribution in [3.8, 4) is 0 Å². The Bertz CT molecular complexity index is 3030. The number of Topliss-reactive ketones (excluding diaryl/α,β-unsaturated/α-hetero) is 2. The molecule has 10 heteroatoms. The number of carbonyl (C=O) groups excluding carboxylic acids is 2. The van der Waals surface area contributed by atoms with Gasteiger partial charge in [-0.3, -0.25) is 19.4 Å². The Morgan fingerprint density at radius 3 is 1.25 bits per heavy atom. The molecule has 10 nitrogen and oxygen atoms in total. The number of aromatic amines is 4. The second-order valence-electron chi connectivity index (χ2n) is 19.5. The summed E-state index contributed by atoms with van der Waals surface area (Å²) in [6, 6.07) is 31.1. The minimum Gasteiger partial charge on any atom is -0.358 e. The number of rotatable bonds is 4. The van der Waals surface area contributed by atoms with Crippen LogP contribution < -0.4 is 0 Å². The SMILES string of the molecule is CN(C)C1Cc2[nH]c3ccccc3c2C1.CN(C)C1Cc2c([nH]c3ccccc23)C1=O.Cc1ccc2c3c([nH]c2c1)C(=O)C(N(C)C)C3.Cc1ccc2c3c([nH]c2c1)CC(N(C)C)C3. The van der Waals surface area contributed by atoms with Crippen LogP contribution in [-0.4, -0.2) is 132 Å².